The smallest absolute Gasteiger partial charge is 0.0992 e. The monoisotopic (exact) mass is 264 g/mol. The topological polar surface area (TPSA) is 35.8 Å². The van der Waals surface area contributed by atoms with Gasteiger partial charge in [0.2, 0.25) is 0 Å². The highest BCUT2D eigenvalue weighted by atomic mass is 79.9. The van der Waals surface area contributed by atoms with Crippen molar-refractivity contribution in [3.05, 3.63) is 28.2 Å². The van der Waals surface area contributed by atoms with Gasteiger partial charge < -0.3 is 5.32 Å². The molecule has 0 unspecified atom stereocenters. The third-order valence-electron chi connectivity index (χ3n) is 2.99. The maximum absolute atomic E-state index is 8.75. The van der Waals surface area contributed by atoms with Gasteiger partial charge in [0.25, 0.3) is 0 Å². The number of halogens is 1. The van der Waals surface area contributed by atoms with E-state index in [0.717, 1.165) is 10.2 Å². The highest BCUT2D eigenvalue weighted by Crippen LogP contribution is 2.36. The molecule has 1 aliphatic carbocycles. The average Bonchev–Trinajstić information content (AvgIpc) is 2.18. The highest BCUT2D eigenvalue weighted by molar-refractivity contribution is 9.10. The van der Waals surface area contributed by atoms with Crippen LogP contribution in [0.5, 0.6) is 0 Å². The molecule has 0 aliphatic heterocycles. The Morgan fingerprint density at radius 3 is 2.67 bits per heavy atom. The normalized spacial score (nSPS) is 17.7. The van der Waals surface area contributed by atoms with E-state index in [9.17, 15) is 0 Å². The van der Waals surface area contributed by atoms with Crippen molar-refractivity contribution in [3.8, 4) is 6.07 Å². The van der Waals surface area contributed by atoms with E-state index in [1.165, 1.54) is 19.3 Å². The van der Waals surface area contributed by atoms with Gasteiger partial charge in [0.05, 0.1) is 11.6 Å². The third kappa shape index (κ3) is 2.15. The molecule has 0 heterocycles. The van der Waals surface area contributed by atoms with Gasteiger partial charge in [-0.15, -0.1) is 0 Å². The van der Waals surface area contributed by atoms with Crippen molar-refractivity contribution < 1.29 is 0 Å². The van der Waals surface area contributed by atoms with E-state index in [0.29, 0.717) is 5.56 Å². The maximum Gasteiger partial charge on any atom is 0.0992 e. The lowest BCUT2D eigenvalue weighted by atomic mass is 9.78. The number of nitrogens with one attached hydrogen (secondary N) is 1. The number of nitriles is 1. The first-order valence-corrected chi connectivity index (χ1v) is 5.90. The van der Waals surface area contributed by atoms with Crippen LogP contribution in [-0.4, -0.2) is 5.54 Å². The molecule has 2 rings (SSSR count). The first-order valence-electron chi connectivity index (χ1n) is 5.11. The van der Waals surface area contributed by atoms with E-state index in [1.54, 1.807) is 0 Å². The summed E-state index contributed by atoms with van der Waals surface area (Å²) in [6, 6.07) is 7.79. The minimum atomic E-state index is 0.247. The van der Waals surface area contributed by atoms with Crippen molar-refractivity contribution >= 4 is 21.6 Å². The average molecular weight is 265 g/mol. The number of hydrogen-bond acceptors (Lipinski definition) is 2. The first-order chi connectivity index (χ1) is 7.13. The first kappa shape index (κ1) is 10.5. The minimum Gasteiger partial charge on any atom is -0.379 e. The predicted molar refractivity (Wildman–Crippen MR) is 64.7 cm³/mol. The Labute approximate surface area is 98.4 Å². The summed E-state index contributed by atoms with van der Waals surface area (Å²) in [6.07, 6.45) is 3.75. The number of anilines is 1. The van der Waals surface area contributed by atoms with Crippen LogP contribution < -0.4 is 5.32 Å². The van der Waals surface area contributed by atoms with E-state index in [2.05, 4.69) is 34.2 Å². The van der Waals surface area contributed by atoms with E-state index < -0.39 is 0 Å². The molecule has 1 aromatic carbocycles. The van der Waals surface area contributed by atoms with Crippen molar-refractivity contribution in [1.29, 1.82) is 5.26 Å². The van der Waals surface area contributed by atoms with Crippen LogP contribution in [0.15, 0.2) is 22.7 Å². The Hall–Kier alpha value is -1.01. The Balaban J connectivity index is 2.19. The van der Waals surface area contributed by atoms with Crippen molar-refractivity contribution in [2.75, 3.05) is 5.32 Å². The third-order valence-corrected chi connectivity index (χ3v) is 3.65. The lowest BCUT2D eigenvalue weighted by molar-refractivity contribution is 0.306. The Morgan fingerprint density at radius 2 is 2.20 bits per heavy atom. The SMILES string of the molecule is CC1(Nc2ccc(C#N)cc2Br)CCC1. The molecular weight excluding hydrogens is 252 g/mol. The summed E-state index contributed by atoms with van der Waals surface area (Å²) in [5.74, 6) is 0. The predicted octanol–water partition coefficient (Wildman–Crippen LogP) is 3.68. The summed E-state index contributed by atoms with van der Waals surface area (Å²) >= 11 is 3.48. The molecule has 78 valence electrons. The van der Waals surface area contributed by atoms with Crippen LogP contribution in [0.25, 0.3) is 0 Å². The van der Waals surface area contributed by atoms with Gasteiger partial charge in [-0.25, -0.2) is 0 Å². The van der Waals surface area contributed by atoms with Crippen molar-refractivity contribution in [2.24, 2.45) is 0 Å². The van der Waals surface area contributed by atoms with Crippen molar-refractivity contribution in [1.82, 2.24) is 0 Å². The Morgan fingerprint density at radius 1 is 1.47 bits per heavy atom. The van der Waals surface area contributed by atoms with Gasteiger partial charge >= 0.3 is 0 Å². The van der Waals surface area contributed by atoms with Crippen LogP contribution in [0.2, 0.25) is 0 Å². The molecule has 2 nitrogen and oxygen atoms in total. The molecule has 1 saturated carbocycles. The van der Waals surface area contributed by atoms with E-state index in [4.69, 9.17) is 5.26 Å². The van der Waals surface area contributed by atoms with Gasteiger partial charge in [0.1, 0.15) is 0 Å². The van der Waals surface area contributed by atoms with Crippen LogP contribution >= 0.6 is 15.9 Å². The lowest BCUT2D eigenvalue weighted by Gasteiger charge is -2.40. The zero-order valence-electron chi connectivity index (χ0n) is 8.68. The van der Waals surface area contributed by atoms with Crippen LogP contribution in [0.1, 0.15) is 31.7 Å². The fourth-order valence-corrected chi connectivity index (χ4v) is 2.32. The van der Waals surface area contributed by atoms with Crippen LogP contribution in [0, 0.1) is 11.3 Å². The van der Waals surface area contributed by atoms with Gasteiger partial charge in [-0.1, -0.05) is 0 Å². The summed E-state index contributed by atoms with van der Waals surface area (Å²) in [6.45, 7) is 2.24. The quantitative estimate of drug-likeness (QED) is 0.885. The maximum atomic E-state index is 8.75. The van der Waals surface area contributed by atoms with Crippen LogP contribution in [-0.2, 0) is 0 Å². The molecular formula is C12H13BrN2. The molecule has 1 fully saturated rings. The molecule has 1 aliphatic rings. The van der Waals surface area contributed by atoms with E-state index in [-0.39, 0.29) is 5.54 Å². The minimum absolute atomic E-state index is 0.247. The summed E-state index contributed by atoms with van der Waals surface area (Å²) in [4.78, 5) is 0. The second-order valence-electron chi connectivity index (χ2n) is 4.35. The van der Waals surface area contributed by atoms with Gasteiger partial charge in [-0.05, 0) is 60.3 Å². The number of hydrogen-bond donors (Lipinski definition) is 1. The standard InChI is InChI=1S/C12H13BrN2/c1-12(5-2-6-12)15-11-4-3-9(8-14)7-10(11)13/h3-4,7,15H,2,5-6H2,1H3. The summed E-state index contributed by atoms with van der Waals surface area (Å²) < 4.78 is 0.967. The van der Waals surface area contributed by atoms with Crippen LogP contribution in [0.3, 0.4) is 0 Å². The van der Waals surface area contributed by atoms with Gasteiger partial charge in [0.15, 0.2) is 0 Å². The zero-order chi connectivity index (χ0) is 10.9. The number of nitrogens with zero attached hydrogens (tertiary/aromatic N) is 1. The highest BCUT2D eigenvalue weighted by Gasteiger charge is 2.31. The molecule has 0 radical (unpaired) electrons. The molecule has 0 aromatic heterocycles. The molecule has 0 spiro atoms. The summed E-state index contributed by atoms with van der Waals surface area (Å²) in [5, 5.41) is 12.3. The molecule has 0 atom stereocenters. The molecule has 3 heteroatoms. The van der Waals surface area contributed by atoms with Crippen LogP contribution in [0.4, 0.5) is 5.69 Å². The Bertz CT molecular complexity index is 416. The number of benzene rings is 1. The summed E-state index contributed by atoms with van der Waals surface area (Å²) in [5.41, 5.74) is 2.01. The molecule has 0 amide bonds. The molecule has 0 bridgehead atoms. The van der Waals surface area contributed by atoms with Gasteiger partial charge in [-0.2, -0.15) is 5.26 Å². The van der Waals surface area contributed by atoms with Gasteiger partial charge in [-0.3, -0.25) is 0 Å². The Kier molecular flexibility index (Phi) is 2.70. The molecule has 0 saturated heterocycles. The van der Waals surface area contributed by atoms with Crippen molar-refractivity contribution in [2.45, 2.75) is 31.7 Å². The fraction of sp³-hybridized carbons (Fsp3) is 0.417. The second-order valence-corrected chi connectivity index (χ2v) is 5.20. The fourth-order valence-electron chi connectivity index (χ4n) is 1.84. The van der Waals surface area contributed by atoms with Gasteiger partial charge in [0, 0.05) is 15.7 Å². The molecule has 15 heavy (non-hydrogen) atoms. The summed E-state index contributed by atoms with van der Waals surface area (Å²) in [7, 11) is 0. The molecule has 1 aromatic rings. The largest absolute Gasteiger partial charge is 0.379 e. The lowest BCUT2D eigenvalue weighted by Crippen LogP contribution is -2.41. The van der Waals surface area contributed by atoms with E-state index in [1.807, 2.05) is 18.2 Å². The molecule has 1 N–H and O–H groups in total. The van der Waals surface area contributed by atoms with Crippen molar-refractivity contribution in [3.63, 3.8) is 0 Å². The number of rotatable bonds is 2. The van der Waals surface area contributed by atoms with E-state index >= 15 is 0 Å². The second kappa shape index (κ2) is 3.86. The zero-order valence-corrected chi connectivity index (χ0v) is 10.3.